The second-order valence-corrected chi connectivity index (χ2v) is 4.22. The van der Waals surface area contributed by atoms with Crippen LogP contribution < -0.4 is 5.32 Å². The van der Waals surface area contributed by atoms with Gasteiger partial charge in [0.05, 0.1) is 0 Å². The summed E-state index contributed by atoms with van der Waals surface area (Å²) in [5.74, 6) is 0. The smallest absolute Gasteiger partial charge is 0.0155 e. The maximum Gasteiger partial charge on any atom is 0.0155 e. The molecule has 1 unspecified atom stereocenters. The molecule has 1 saturated carbocycles. The monoisotopic (exact) mass is 155 g/mol. The number of hydrogen-bond acceptors (Lipinski definition) is 1. The molecule has 0 aliphatic heterocycles. The molecule has 1 N–H and O–H groups in total. The third kappa shape index (κ3) is 2.48. The largest absolute Gasteiger partial charge is 0.309 e. The molecule has 66 valence electrons. The molecule has 0 aromatic heterocycles. The van der Waals surface area contributed by atoms with E-state index in [9.17, 15) is 0 Å². The summed E-state index contributed by atoms with van der Waals surface area (Å²) in [6, 6.07) is 0.693. The lowest BCUT2D eigenvalue weighted by molar-refractivity contribution is 0.320. The molecule has 0 radical (unpaired) electrons. The lowest BCUT2D eigenvalue weighted by Gasteiger charge is -2.29. The molecule has 0 saturated heterocycles. The highest BCUT2D eigenvalue weighted by atomic mass is 15.0. The van der Waals surface area contributed by atoms with Crippen molar-refractivity contribution in [1.82, 2.24) is 5.32 Å². The first-order valence-corrected chi connectivity index (χ1v) is 4.94. The van der Waals surface area contributed by atoms with Crippen LogP contribution in [0.5, 0.6) is 0 Å². The normalized spacial score (nSPS) is 25.4. The summed E-state index contributed by atoms with van der Waals surface area (Å²) in [5, 5.41) is 3.70. The predicted molar refractivity (Wildman–Crippen MR) is 49.8 cm³/mol. The Bertz CT molecular complexity index is 114. The van der Waals surface area contributed by atoms with Crippen molar-refractivity contribution >= 4 is 0 Å². The maximum absolute atomic E-state index is 3.70. The van der Waals surface area contributed by atoms with Crippen molar-refractivity contribution in [2.75, 3.05) is 0 Å². The first-order chi connectivity index (χ1) is 5.16. The minimum absolute atomic E-state index is 0.468. The lowest BCUT2D eigenvalue weighted by atomic mass is 9.99. The summed E-state index contributed by atoms with van der Waals surface area (Å²) >= 11 is 0. The van der Waals surface area contributed by atoms with E-state index in [0.29, 0.717) is 11.6 Å². The van der Waals surface area contributed by atoms with Crippen molar-refractivity contribution in [3.05, 3.63) is 0 Å². The molecule has 1 heteroatoms. The zero-order chi connectivity index (χ0) is 8.32. The lowest BCUT2D eigenvalue weighted by Crippen LogP contribution is -2.44. The van der Waals surface area contributed by atoms with E-state index in [4.69, 9.17) is 0 Å². The Hall–Kier alpha value is -0.0400. The van der Waals surface area contributed by atoms with Crippen molar-refractivity contribution in [2.45, 2.75) is 64.5 Å². The average molecular weight is 155 g/mol. The second-order valence-electron chi connectivity index (χ2n) is 4.22. The maximum atomic E-state index is 3.70. The van der Waals surface area contributed by atoms with Crippen LogP contribution in [0.2, 0.25) is 0 Å². The fourth-order valence-electron chi connectivity index (χ4n) is 2.00. The molecule has 1 aliphatic carbocycles. The summed E-state index contributed by atoms with van der Waals surface area (Å²) in [7, 11) is 0. The number of nitrogens with one attached hydrogen (secondary N) is 1. The van der Waals surface area contributed by atoms with Gasteiger partial charge in [0.1, 0.15) is 0 Å². The van der Waals surface area contributed by atoms with E-state index >= 15 is 0 Å². The summed E-state index contributed by atoms with van der Waals surface area (Å²) in [5.41, 5.74) is 0.468. The van der Waals surface area contributed by atoms with Gasteiger partial charge >= 0.3 is 0 Å². The van der Waals surface area contributed by atoms with Crippen molar-refractivity contribution in [2.24, 2.45) is 0 Å². The molecule has 0 aromatic carbocycles. The van der Waals surface area contributed by atoms with Crippen molar-refractivity contribution in [3.8, 4) is 0 Å². The second kappa shape index (κ2) is 3.57. The third-order valence-electron chi connectivity index (χ3n) is 2.91. The van der Waals surface area contributed by atoms with Crippen LogP contribution in [0.4, 0.5) is 0 Å². The third-order valence-corrected chi connectivity index (χ3v) is 2.91. The Kier molecular flexibility index (Phi) is 2.94. The topological polar surface area (TPSA) is 12.0 Å². The Morgan fingerprint density at radius 2 is 1.91 bits per heavy atom. The molecule has 0 spiro atoms. The fourth-order valence-corrected chi connectivity index (χ4v) is 2.00. The van der Waals surface area contributed by atoms with Gasteiger partial charge in [-0.25, -0.2) is 0 Å². The summed E-state index contributed by atoms with van der Waals surface area (Å²) < 4.78 is 0. The van der Waals surface area contributed by atoms with Crippen LogP contribution >= 0.6 is 0 Å². The molecule has 11 heavy (non-hydrogen) atoms. The van der Waals surface area contributed by atoms with Gasteiger partial charge in [-0.3, -0.25) is 0 Å². The van der Waals surface area contributed by atoms with Crippen molar-refractivity contribution in [3.63, 3.8) is 0 Å². The summed E-state index contributed by atoms with van der Waals surface area (Å²) in [6.07, 6.45) is 6.82. The van der Waals surface area contributed by atoms with Gasteiger partial charge in [-0.05, 0) is 33.1 Å². The quantitative estimate of drug-likeness (QED) is 0.660. The zero-order valence-electron chi connectivity index (χ0n) is 8.11. The molecule has 1 fully saturated rings. The van der Waals surface area contributed by atoms with E-state index in [-0.39, 0.29) is 0 Å². The van der Waals surface area contributed by atoms with Gasteiger partial charge in [-0.2, -0.15) is 0 Å². The summed E-state index contributed by atoms with van der Waals surface area (Å²) in [6.45, 7) is 6.89. The molecule has 1 rings (SSSR count). The van der Waals surface area contributed by atoms with Crippen molar-refractivity contribution < 1.29 is 0 Å². The average Bonchev–Trinajstić information content (AvgIpc) is 2.36. The minimum Gasteiger partial charge on any atom is -0.309 e. The fraction of sp³-hybridized carbons (Fsp3) is 1.00. The Labute approximate surface area is 70.6 Å². The van der Waals surface area contributed by atoms with Crippen LogP contribution in [0.25, 0.3) is 0 Å². The molecule has 0 heterocycles. The first kappa shape index (κ1) is 9.05. The molecule has 0 bridgehead atoms. The first-order valence-electron chi connectivity index (χ1n) is 4.94. The van der Waals surface area contributed by atoms with Crippen molar-refractivity contribution in [1.29, 1.82) is 0 Å². The van der Waals surface area contributed by atoms with Crippen LogP contribution in [0.3, 0.4) is 0 Å². The van der Waals surface area contributed by atoms with Crippen LogP contribution in [0.15, 0.2) is 0 Å². The summed E-state index contributed by atoms with van der Waals surface area (Å²) in [4.78, 5) is 0. The van der Waals surface area contributed by atoms with Gasteiger partial charge in [-0.15, -0.1) is 0 Å². The predicted octanol–water partition coefficient (Wildman–Crippen LogP) is 2.71. The van der Waals surface area contributed by atoms with Gasteiger partial charge in [0.2, 0.25) is 0 Å². The molecular weight excluding hydrogens is 134 g/mol. The Morgan fingerprint density at radius 1 is 1.36 bits per heavy atom. The SMILES string of the molecule is CCC(C)NC1(C)CCCC1. The van der Waals surface area contributed by atoms with Crippen LogP contribution in [-0.4, -0.2) is 11.6 Å². The van der Waals surface area contributed by atoms with Crippen LogP contribution in [0.1, 0.15) is 52.9 Å². The molecular formula is C10H21N. The van der Waals surface area contributed by atoms with E-state index in [2.05, 4.69) is 26.1 Å². The van der Waals surface area contributed by atoms with Gasteiger partial charge in [0.25, 0.3) is 0 Å². The Morgan fingerprint density at radius 3 is 2.36 bits per heavy atom. The van der Waals surface area contributed by atoms with E-state index in [1.165, 1.54) is 32.1 Å². The van der Waals surface area contributed by atoms with Gasteiger partial charge < -0.3 is 5.32 Å². The standard InChI is InChI=1S/C10H21N/c1-4-9(2)11-10(3)7-5-6-8-10/h9,11H,4-8H2,1-3H3. The highest BCUT2D eigenvalue weighted by molar-refractivity contribution is 4.89. The molecule has 1 atom stereocenters. The van der Waals surface area contributed by atoms with Crippen LogP contribution in [0, 0.1) is 0 Å². The molecule has 1 aliphatic rings. The highest BCUT2D eigenvalue weighted by Gasteiger charge is 2.28. The minimum atomic E-state index is 0.468. The van der Waals surface area contributed by atoms with Gasteiger partial charge in [-0.1, -0.05) is 19.8 Å². The molecule has 0 aromatic rings. The van der Waals surface area contributed by atoms with Crippen LogP contribution in [-0.2, 0) is 0 Å². The van der Waals surface area contributed by atoms with E-state index in [1.54, 1.807) is 0 Å². The van der Waals surface area contributed by atoms with E-state index < -0.39 is 0 Å². The number of hydrogen-bond donors (Lipinski definition) is 1. The van der Waals surface area contributed by atoms with Gasteiger partial charge in [0.15, 0.2) is 0 Å². The van der Waals surface area contributed by atoms with Gasteiger partial charge in [0, 0.05) is 11.6 Å². The zero-order valence-corrected chi connectivity index (χ0v) is 8.11. The number of rotatable bonds is 3. The molecule has 1 nitrogen and oxygen atoms in total. The highest BCUT2D eigenvalue weighted by Crippen LogP contribution is 2.29. The Balaban J connectivity index is 2.33. The van der Waals surface area contributed by atoms with E-state index in [0.717, 1.165) is 0 Å². The molecule has 0 amide bonds. The van der Waals surface area contributed by atoms with E-state index in [1.807, 2.05) is 0 Å².